The molecule has 0 aliphatic carbocycles. The van der Waals surface area contributed by atoms with E-state index in [2.05, 4.69) is 10.0 Å². The Bertz CT molecular complexity index is 758. The summed E-state index contributed by atoms with van der Waals surface area (Å²) in [4.78, 5) is 25.3. The van der Waals surface area contributed by atoms with E-state index in [1.54, 1.807) is 17.0 Å². The molecule has 3 N–H and O–H groups in total. The van der Waals surface area contributed by atoms with E-state index in [0.717, 1.165) is 24.8 Å². The number of amides is 2. The normalized spacial score (nSPS) is 15.8. The Morgan fingerprint density at radius 1 is 1.11 bits per heavy atom. The molecule has 1 heterocycles. The molecule has 9 heteroatoms. The van der Waals surface area contributed by atoms with E-state index in [4.69, 9.17) is 5.11 Å². The highest BCUT2D eigenvalue weighted by atomic mass is 32.2. The summed E-state index contributed by atoms with van der Waals surface area (Å²) in [5.74, 6) is -0.207. The van der Waals surface area contributed by atoms with Crippen molar-refractivity contribution in [3.8, 4) is 0 Å². The molecule has 0 spiro atoms. The number of nitrogens with zero attached hydrogens (tertiary/aromatic N) is 1. The Labute approximate surface area is 166 Å². The fraction of sp³-hybridized carbons (Fsp3) is 0.579. The van der Waals surface area contributed by atoms with Crippen LogP contribution in [0.5, 0.6) is 0 Å². The number of aryl methyl sites for hydroxylation is 1. The van der Waals surface area contributed by atoms with Crippen molar-refractivity contribution < 1.29 is 23.1 Å². The Balaban J connectivity index is 2.06. The van der Waals surface area contributed by atoms with Crippen LogP contribution in [0.15, 0.2) is 29.2 Å². The van der Waals surface area contributed by atoms with E-state index < -0.39 is 22.2 Å². The third-order valence-corrected chi connectivity index (χ3v) is 6.28. The van der Waals surface area contributed by atoms with Crippen LogP contribution in [0.3, 0.4) is 0 Å². The predicted molar refractivity (Wildman–Crippen MR) is 106 cm³/mol. The molecular formula is C19H29N3O5S. The van der Waals surface area contributed by atoms with Crippen LogP contribution in [0.1, 0.15) is 44.1 Å². The fourth-order valence-corrected chi connectivity index (χ4v) is 4.43. The summed E-state index contributed by atoms with van der Waals surface area (Å²) >= 11 is 0. The number of likely N-dealkylation sites (tertiary alicyclic amines) is 1. The molecule has 0 aromatic heterocycles. The molecule has 1 unspecified atom stereocenters. The van der Waals surface area contributed by atoms with E-state index in [-0.39, 0.29) is 17.3 Å². The van der Waals surface area contributed by atoms with Crippen LogP contribution in [0.4, 0.5) is 4.79 Å². The van der Waals surface area contributed by atoms with Gasteiger partial charge in [-0.1, -0.05) is 17.7 Å². The Kier molecular flexibility index (Phi) is 8.25. The first kappa shape index (κ1) is 22.2. The summed E-state index contributed by atoms with van der Waals surface area (Å²) in [6, 6.07) is 5.63. The molecule has 28 heavy (non-hydrogen) atoms. The lowest BCUT2D eigenvalue weighted by atomic mass is 10.1. The molecule has 156 valence electrons. The van der Waals surface area contributed by atoms with Crippen LogP contribution in [0.25, 0.3) is 0 Å². The zero-order valence-corrected chi connectivity index (χ0v) is 17.0. The molecule has 2 rings (SSSR count). The number of piperidine rings is 1. The molecule has 1 saturated heterocycles. The van der Waals surface area contributed by atoms with E-state index in [1.807, 2.05) is 6.92 Å². The summed E-state index contributed by atoms with van der Waals surface area (Å²) < 4.78 is 28.1. The Hall–Kier alpha value is -2.13. The average molecular weight is 412 g/mol. The minimum Gasteiger partial charge on any atom is -0.465 e. The lowest BCUT2D eigenvalue weighted by Gasteiger charge is -2.30. The van der Waals surface area contributed by atoms with Gasteiger partial charge in [0.15, 0.2) is 0 Å². The van der Waals surface area contributed by atoms with Crippen molar-refractivity contribution in [2.45, 2.75) is 56.4 Å². The lowest BCUT2D eigenvalue weighted by molar-refractivity contribution is -0.134. The first-order valence-corrected chi connectivity index (χ1v) is 11.1. The largest absolute Gasteiger partial charge is 0.465 e. The van der Waals surface area contributed by atoms with Crippen molar-refractivity contribution in [2.75, 3.05) is 19.6 Å². The number of hydrogen-bond donors (Lipinski definition) is 3. The van der Waals surface area contributed by atoms with Gasteiger partial charge in [-0.15, -0.1) is 0 Å². The van der Waals surface area contributed by atoms with Gasteiger partial charge < -0.3 is 15.3 Å². The van der Waals surface area contributed by atoms with Crippen molar-refractivity contribution in [3.63, 3.8) is 0 Å². The van der Waals surface area contributed by atoms with Crippen molar-refractivity contribution in [2.24, 2.45) is 0 Å². The van der Waals surface area contributed by atoms with Gasteiger partial charge in [-0.05, 0) is 57.6 Å². The highest BCUT2D eigenvalue weighted by Crippen LogP contribution is 2.16. The molecule has 1 atom stereocenters. The zero-order valence-electron chi connectivity index (χ0n) is 16.2. The van der Waals surface area contributed by atoms with Gasteiger partial charge >= 0.3 is 6.09 Å². The number of sulfonamides is 1. The molecule has 1 aliphatic heterocycles. The van der Waals surface area contributed by atoms with Gasteiger partial charge in [0, 0.05) is 19.6 Å². The number of hydrogen-bond acceptors (Lipinski definition) is 4. The monoisotopic (exact) mass is 411 g/mol. The predicted octanol–water partition coefficient (Wildman–Crippen LogP) is 2.09. The van der Waals surface area contributed by atoms with Crippen LogP contribution < -0.4 is 10.0 Å². The van der Waals surface area contributed by atoms with Gasteiger partial charge in [0.1, 0.15) is 6.04 Å². The standard InChI is InChI=1S/C19H29N3O5S/c1-15-8-10-16(11-9-15)28(26,27)21-17(7-3-4-12-20-19(24)25)18(23)22-13-5-2-6-14-22/h8-11,17,20-21H,2-7,12-14H2,1H3,(H,24,25). The molecular weight excluding hydrogens is 382 g/mol. The molecule has 1 fully saturated rings. The topological polar surface area (TPSA) is 116 Å². The van der Waals surface area contributed by atoms with Gasteiger partial charge in [0.2, 0.25) is 15.9 Å². The summed E-state index contributed by atoms with van der Waals surface area (Å²) in [6.45, 7) is 3.42. The number of carboxylic acid groups (broad SMARTS) is 1. The van der Waals surface area contributed by atoms with E-state index >= 15 is 0 Å². The zero-order chi connectivity index (χ0) is 20.6. The smallest absolute Gasteiger partial charge is 0.404 e. The van der Waals surface area contributed by atoms with E-state index in [0.29, 0.717) is 32.4 Å². The Morgan fingerprint density at radius 3 is 2.36 bits per heavy atom. The molecule has 1 aromatic rings. The van der Waals surface area contributed by atoms with Crippen LogP contribution in [-0.2, 0) is 14.8 Å². The molecule has 0 bridgehead atoms. The molecule has 1 aromatic carbocycles. The van der Waals surface area contributed by atoms with Crippen molar-refractivity contribution in [3.05, 3.63) is 29.8 Å². The van der Waals surface area contributed by atoms with Crippen LogP contribution in [0.2, 0.25) is 0 Å². The van der Waals surface area contributed by atoms with Crippen molar-refractivity contribution in [1.82, 2.24) is 14.9 Å². The SMILES string of the molecule is Cc1ccc(S(=O)(=O)NC(CCCCNC(=O)O)C(=O)N2CCCCC2)cc1. The third kappa shape index (κ3) is 6.79. The van der Waals surface area contributed by atoms with E-state index in [9.17, 15) is 18.0 Å². The quantitative estimate of drug-likeness (QED) is 0.538. The van der Waals surface area contributed by atoms with Crippen LogP contribution in [0, 0.1) is 6.92 Å². The highest BCUT2D eigenvalue weighted by molar-refractivity contribution is 7.89. The van der Waals surface area contributed by atoms with Gasteiger partial charge in [-0.3, -0.25) is 4.79 Å². The molecule has 2 amide bonds. The maximum absolute atomic E-state index is 12.9. The van der Waals surface area contributed by atoms with E-state index in [1.165, 1.54) is 12.1 Å². The third-order valence-electron chi connectivity index (χ3n) is 4.79. The first-order valence-electron chi connectivity index (χ1n) is 9.64. The van der Waals surface area contributed by atoms with Crippen molar-refractivity contribution >= 4 is 22.0 Å². The highest BCUT2D eigenvalue weighted by Gasteiger charge is 2.29. The summed E-state index contributed by atoms with van der Waals surface area (Å²) in [6.07, 6.45) is 3.20. The minimum atomic E-state index is -3.82. The molecule has 1 aliphatic rings. The molecule has 8 nitrogen and oxygen atoms in total. The second-order valence-corrected chi connectivity index (χ2v) is 8.81. The maximum atomic E-state index is 12.9. The summed E-state index contributed by atoms with van der Waals surface area (Å²) in [7, 11) is -3.82. The maximum Gasteiger partial charge on any atom is 0.404 e. The van der Waals surface area contributed by atoms with Gasteiger partial charge in [-0.25, -0.2) is 13.2 Å². The number of unbranched alkanes of at least 4 members (excludes halogenated alkanes) is 1. The molecule has 0 saturated carbocycles. The average Bonchev–Trinajstić information content (AvgIpc) is 2.67. The minimum absolute atomic E-state index is 0.127. The molecule has 0 radical (unpaired) electrons. The second kappa shape index (κ2) is 10.4. The number of rotatable bonds is 9. The number of benzene rings is 1. The number of carbonyl (C=O) groups excluding carboxylic acids is 1. The lowest BCUT2D eigenvalue weighted by Crippen LogP contribution is -2.49. The van der Waals surface area contributed by atoms with Gasteiger partial charge in [0.05, 0.1) is 4.90 Å². The number of nitrogens with one attached hydrogen (secondary N) is 2. The van der Waals surface area contributed by atoms with Crippen LogP contribution in [-0.4, -0.2) is 56.1 Å². The number of carbonyl (C=O) groups is 2. The summed E-state index contributed by atoms with van der Waals surface area (Å²) in [5.41, 5.74) is 0.950. The first-order chi connectivity index (χ1) is 13.3. The van der Waals surface area contributed by atoms with Crippen LogP contribution >= 0.6 is 0 Å². The summed E-state index contributed by atoms with van der Waals surface area (Å²) in [5, 5.41) is 10.9. The fourth-order valence-electron chi connectivity index (χ4n) is 3.21. The second-order valence-electron chi connectivity index (χ2n) is 7.10. The van der Waals surface area contributed by atoms with Gasteiger partial charge in [0.25, 0.3) is 0 Å². The van der Waals surface area contributed by atoms with Gasteiger partial charge in [-0.2, -0.15) is 4.72 Å². The Morgan fingerprint density at radius 2 is 1.75 bits per heavy atom. The van der Waals surface area contributed by atoms with Crippen molar-refractivity contribution in [1.29, 1.82) is 0 Å².